The number of hydrogen-bond donors (Lipinski definition) is 2. The topological polar surface area (TPSA) is 69.8 Å². The van der Waals surface area contributed by atoms with E-state index in [9.17, 15) is 4.39 Å². The minimum Gasteiger partial charge on any atom is -0.478 e. The van der Waals surface area contributed by atoms with E-state index in [2.05, 4.69) is 11.6 Å². The van der Waals surface area contributed by atoms with Crippen LogP contribution < -0.4 is 0 Å². The molecule has 1 heterocycles. The molecule has 1 aromatic heterocycles. The first-order valence-electron chi connectivity index (χ1n) is 9.22. The van der Waals surface area contributed by atoms with Crippen LogP contribution in [0.3, 0.4) is 0 Å². The third-order valence-electron chi connectivity index (χ3n) is 4.09. The average Bonchev–Trinajstić information content (AvgIpc) is 2.74. The summed E-state index contributed by atoms with van der Waals surface area (Å²) in [5, 5.41) is 17.3. The Morgan fingerprint density at radius 1 is 1.17 bits per heavy atom. The van der Waals surface area contributed by atoms with Gasteiger partial charge in [-0.2, -0.15) is 0 Å². The molecule has 0 bridgehead atoms. The summed E-state index contributed by atoms with van der Waals surface area (Å²) >= 11 is 0. The van der Waals surface area contributed by atoms with E-state index in [-0.39, 0.29) is 23.8 Å². The van der Waals surface area contributed by atoms with Gasteiger partial charge in [-0.05, 0) is 43.7 Å². The number of halogens is 1. The van der Waals surface area contributed by atoms with E-state index in [0.29, 0.717) is 22.4 Å². The smallest absolute Gasteiger partial charge is 0.216 e. The van der Waals surface area contributed by atoms with Crippen molar-refractivity contribution >= 4 is 17.2 Å². The fourth-order valence-corrected chi connectivity index (χ4v) is 2.79. The lowest BCUT2D eigenvalue weighted by Gasteiger charge is -2.18. The number of pyridine rings is 1. The molecule has 0 spiro atoms. The predicted octanol–water partition coefficient (Wildman–Crippen LogP) is 5.74. The number of allylic oxidation sites excluding steroid dienone is 6. The molecule has 0 aliphatic carbocycles. The Balaban J connectivity index is 2.88. The molecule has 0 fully saturated rings. The van der Waals surface area contributed by atoms with Crippen molar-refractivity contribution in [1.29, 1.82) is 10.8 Å². The van der Waals surface area contributed by atoms with Gasteiger partial charge in [0.15, 0.2) is 0 Å². The third-order valence-corrected chi connectivity index (χ3v) is 4.09. The summed E-state index contributed by atoms with van der Waals surface area (Å²) in [5.74, 6) is -0.643. The van der Waals surface area contributed by atoms with E-state index in [1.165, 1.54) is 6.07 Å². The molecule has 1 aromatic carbocycles. The van der Waals surface area contributed by atoms with Crippen molar-refractivity contribution in [2.45, 2.75) is 13.8 Å². The number of aromatic nitrogens is 1. The molecule has 0 aliphatic rings. The van der Waals surface area contributed by atoms with Gasteiger partial charge in [-0.25, -0.2) is 4.39 Å². The van der Waals surface area contributed by atoms with E-state index in [1.54, 1.807) is 73.8 Å². The molecule has 0 saturated carbocycles. The summed E-state index contributed by atoms with van der Waals surface area (Å²) < 4.78 is 20.0. The van der Waals surface area contributed by atoms with Crippen LogP contribution in [0.5, 0.6) is 0 Å². The zero-order valence-corrected chi connectivity index (χ0v) is 16.6. The SMILES string of the molecule is C=C\C=C/C(=C\C)C(/C(=N)c1ccccc1F)=C(/C(=N)OCC)c1ccccn1. The Labute approximate surface area is 170 Å². The lowest BCUT2D eigenvalue weighted by atomic mass is 9.89. The summed E-state index contributed by atoms with van der Waals surface area (Å²) in [7, 11) is 0. The van der Waals surface area contributed by atoms with Crippen LogP contribution in [0.25, 0.3) is 5.57 Å². The van der Waals surface area contributed by atoms with Gasteiger partial charge in [0.2, 0.25) is 5.90 Å². The molecule has 0 atom stereocenters. The number of nitrogens with zero attached hydrogens (tertiary/aromatic N) is 1. The number of ether oxygens (including phenoxy) is 1. The molecule has 0 aliphatic heterocycles. The summed E-state index contributed by atoms with van der Waals surface area (Å²) in [4.78, 5) is 4.36. The van der Waals surface area contributed by atoms with Gasteiger partial charge in [0.05, 0.1) is 23.6 Å². The predicted molar refractivity (Wildman–Crippen MR) is 117 cm³/mol. The highest BCUT2D eigenvalue weighted by atomic mass is 19.1. The number of benzene rings is 1. The Kier molecular flexibility index (Phi) is 7.98. The Morgan fingerprint density at radius 2 is 1.90 bits per heavy atom. The fraction of sp³-hybridized carbons (Fsp3) is 0.125. The summed E-state index contributed by atoms with van der Waals surface area (Å²) in [6.07, 6.45) is 8.51. The van der Waals surface area contributed by atoms with Gasteiger partial charge >= 0.3 is 0 Å². The van der Waals surface area contributed by atoms with Crippen molar-refractivity contribution in [2.24, 2.45) is 0 Å². The zero-order chi connectivity index (χ0) is 21.2. The van der Waals surface area contributed by atoms with Crippen LogP contribution in [0.15, 0.2) is 90.7 Å². The molecule has 5 heteroatoms. The molecule has 0 amide bonds. The molecule has 4 nitrogen and oxygen atoms in total. The Morgan fingerprint density at radius 3 is 2.48 bits per heavy atom. The van der Waals surface area contributed by atoms with E-state index >= 15 is 0 Å². The molecule has 2 N–H and O–H groups in total. The van der Waals surface area contributed by atoms with Crippen LogP contribution in [-0.4, -0.2) is 23.2 Å². The highest BCUT2D eigenvalue weighted by molar-refractivity contribution is 6.30. The van der Waals surface area contributed by atoms with Crippen molar-refractivity contribution in [3.63, 3.8) is 0 Å². The first kappa shape index (κ1) is 21.7. The third kappa shape index (κ3) is 5.23. The maximum Gasteiger partial charge on any atom is 0.216 e. The fourth-order valence-electron chi connectivity index (χ4n) is 2.79. The summed E-state index contributed by atoms with van der Waals surface area (Å²) in [5.41, 5.74) is 1.84. The van der Waals surface area contributed by atoms with Crippen LogP contribution in [-0.2, 0) is 4.74 Å². The van der Waals surface area contributed by atoms with Crippen LogP contribution in [0, 0.1) is 16.6 Å². The molecule has 2 rings (SSSR count). The van der Waals surface area contributed by atoms with E-state index in [4.69, 9.17) is 15.6 Å². The minimum absolute atomic E-state index is 0.0602. The summed E-state index contributed by atoms with van der Waals surface area (Å²) in [6.45, 7) is 7.56. The van der Waals surface area contributed by atoms with Crippen molar-refractivity contribution < 1.29 is 9.13 Å². The van der Waals surface area contributed by atoms with Crippen LogP contribution in [0.4, 0.5) is 4.39 Å². The Hall–Kier alpha value is -3.60. The molecule has 2 aromatic rings. The highest BCUT2D eigenvalue weighted by Crippen LogP contribution is 2.29. The number of rotatable bonds is 8. The second-order valence-corrected chi connectivity index (χ2v) is 5.92. The number of hydrogen-bond acceptors (Lipinski definition) is 4. The van der Waals surface area contributed by atoms with Crippen molar-refractivity contribution in [1.82, 2.24) is 4.98 Å². The van der Waals surface area contributed by atoms with E-state index in [0.717, 1.165) is 0 Å². The normalized spacial score (nSPS) is 12.4. The molecule has 0 radical (unpaired) electrons. The standard InChI is InChI=1S/C24H24FN3O/c1-4-7-12-17(5-2)21(23(26)18-13-8-9-14-19(18)25)22(24(27)29-6-3)20-15-10-11-16-28-20/h4-5,7-16,26-27H,1,6H2,2-3H3/b12-7-,17-5+,22-21-,26-23?,27-24?. The Bertz CT molecular complexity index is 988. The lowest BCUT2D eigenvalue weighted by Crippen LogP contribution is -2.17. The van der Waals surface area contributed by atoms with Crippen molar-refractivity contribution in [2.75, 3.05) is 6.61 Å². The molecule has 148 valence electrons. The van der Waals surface area contributed by atoms with Gasteiger partial charge < -0.3 is 4.74 Å². The lowest BCUT2D eigenvalue weighted by molar-refractivity contribution is 0.329. The first-order valence-corrected chi connectivity index (χ1v) is 9.22. The quantitative estimate of drug-likeness (QED) is 0.343. The molecule has 29 heavy (non-hydrogen) atoms. The maximum atomic E-state index is 14.5. The molecular weight excluding hydrogens is 365 g/mol. The molecule has 0 saturated heterocycles. The van der Waals surface area contributed by atoms with Gasteiger partial charge in [0.25, 0.3) is 0 Å². The van der Waals surface area contributed by atoms with Gasteiger partial charge in [0, 0.05) is 17.3 Å². The van der Waals surface area contributed by atoms with Crippen LogP contribution >= 0.6 is 0 Å². The highest BCUT2D eigenvalue weighted by Gasteiger charge is 2.24. The van der Waals surface area contributed by atoms with Gasteiger partial charge in [-0.3, -0.25) is 15.8 Å². The first-order chi connectivity index (χ1) is 14.0. The van der Waals surface area contributed by atoms with E-state index in [1.807, 2.05) is 6.92 Å². The molecule has 0 unspecified atom stereocenters. The van der Waals surface area contributed by atoms with Crippen LogP contribution in [0.1, 0.15) is 25.1 Å². The summed E-state index contributed by atoms with van der Waals surface area (Å²) in [6, 6.07) is 11.4. The van der Waals surface area contributed by atoms with Gasteiger partial charge in [-0.15, -0.1) is 0 Å². The van der Waals surface area contributed by atoms with Crippen LogP contribution in [0.2, 0.25) is 0 Å². The largest absolute Gasteiger partial charge is 0.478 e. The maximum absolute atomic E-state index is 14.5. The van der Waals surface area contributed by atoms with Gasteiger partial charge in [0.1, 0.15) is 5.82 Å². The number of nitrogens with one attached hydrogen (secondary N) is 2. The second-order valence-electron chi connectivity index (χ2n) is 5.92. The van der Waals surface area contributed by atoms with Crippen molar-refractivity contribution in [3.05, 3.63) is 108 Å². The van der Waals surface area contributed by atoms with E-state index < -0.39 is 5.82 Å². The van der Waals surface area contributed by atoms with Crippen molar-refractivity contribution in [3.8, 4) is 0 Å². The minimum atomic E-state index is -0.513. The molecular formula is C24H24FN3O. The van der Waals surface area contributed by atoms with Gasteiger partial charge in [-0.1, -0.05) is 49.1 Å². The monoisotopic (exact) mass is 389 g/mol. The average molecular weight is 389 g/mol. The second kappa shape index (κ2) is 10.7. The zero-order valence-electron chi connectivity index (χ0n) is 16.6.